The number of amides is 1. The number of hydrogen-bond donors (Lipinski definition) is 1. The summed E-state index contributed by atoms with van der Waals surface area (Å²) in [5.41, 5.74) is 0.720. The van der Waals surface area contributed by atoms with E-state index >= 15 is 0 Å². The summed E-state index contributed by atoms with van der Waals surface area (Å²) in [6.45, 7) is 0. The van der Waals surface area contributed by atoms with Crippen LogP contribution in [-0.4, -0.2) is 32.7 Å². The maximum Gasteiger partial charge on any atom is 0.265 e. The van der Waals surface area contributed by atoms with E-state index in [2.05, 4.69) is 5.32 Å². The van der Waals surface area contributed by atoms with Crippen LogP contribution < -0.4 is 5.32 Å². The number of rotatable bonds is 5. The van der Waals surface area contributed by atoms with Crippen molar-refractivity contribution < 1.29 is 26.2 Å². The van der Waals surface area contributed by atoms with Crippen LogP contribution in [0.5, 0.6) is 0 Å². The fourth-order valence-corrected chi connectivity index (χ4v) is 2.82. The Balaban J connectivity index is 1.97. The van der Waals surface area contributed by atoms with Crippen LogP contribution in [0.15, 0.2) is 24.3 Å². The van der Waals surface area contributed by atoms with E-state index in [0.29, 0.717) is 6.42 Å². The first-order valence-electron chi connectivity index (χ1n) is 6.30. The van der Waals surface area contributed by atoms with Gasteiger partial charge in [-0.15, -0.1) is 0 Å². The van der Waals surface area contributed by atoms with E-state index in [1.807, 2.05) is 0 Å². The molecule has 2 atom stereocenters. The lowest BCUT2D eigenvalue weighted by Crippen LogP contribution is -2.30. The molecule has 2 rings (SSSR count). The van der Waals surface area contributed by atoms with Crippen molar-refractivity contribution in [3.63, 3.8) is 0 Å². The van der Waals surface area contributed by atoms with Crippen LogP contribution in [0.1, 0.15) is 24.0 Å². The van der Waals surface area contributed by atoms with Gasteiger partial charge in [-0.05, 0) is 12.0 Å². The summed E-state index contributed by atoms with van der Waals surface area (Å²) in [6, 6.07) is 5.53. The molecular formula is C13H15F2NO4S. The molecule has 0 radical (unpaired) electrons. The molecular weight excluding hydrogens is 304 g/mol. The highest BCUT2D eigenvalue weighted by Crippen LogP contribution is 2.21. The van der Waals surface area contributed by atoms with Crippen LogP contribution in [0.25, 0.3) is 0 Å². The average molecular weight is 319 g/mol. The number of benzene rings is 1. The molecule has 2 unspecified atom stereocenters. The zero-order chi connectivity index (χ0) is 15.6. The SMILES string of the molecule is CS(=O)(=O)OC1CC(Cc2ccc(C(F)F)cc2)NC1=O. The van der Waals surface area contributed by atoms with Gasteiger partial charge in [-0.3, -0.25) is 8.98 Å². The highest BCUT2D eigenvalue weighted by molar-refractivity contribution is 7.86. The zero-order valence-corrected chi connectivity index (χ0v) is 12.1. The Bertz CT molecular complexity index is 616. The second-order valence-electron chi connectivity index (χ2n) is 4.98. The third-order valence-corrected chi connectivity index (χ3v) is 3.72. The topological polar surface area (TPSA) is 72.5 Å². The Kier molecular flexibility index (Phi) is 4.58. The molecule has 0 spiro atoms. The van der Waals surface area contributed by atoms with Crippen LogP contribution >= 0.6 is 0 Å². The van der Waals surface area contributed by atoms with Crippen molar-refractivity contribution >= 4 is 16.0 Å². The molecule has 1 aliphatic heterocycles. The van der Waals surface area contributed by atoms with Crippen LogP contribution in [-0.2, 0) is 25.5 Å². The number of halogens is 2. The van der Waals surface area contributed by atoms with Gasteiger partial charge in [0.2, 0.25) is 0 Å². The number of hydrogen-bond acceptors (Lipinski definition) is 4. The molecule has 1 saturated heterocycles. The van der Waals surface area contributed by atoms with E-state index in [1.54, 1.807) is 12.1 Å². The minimum absolute atomic E-state index is 0.0625. The van der Waals surface area contributed by atoms with E-state index in [0.717, 1.165) is 11.8 Å². The molecule has 21 heavy (non-hydrogen) atoms. The van der Waals surface area contributed by atoms with Crippen molar-refractivity contribution in [1.29, 1.82) is 0 Å². The minimum atomic E-state index is -3.70. The van der Waals surface area contributed by atoms with Gasteiger partial charge in [0, 0.05) is 18.0 Å². The third-order valence-electron chi connectivity index (χ3n) is 3.14. The Morgan fingerprint density at radius 3 is 2.48 bits per heavy atom. The van der Waals surface area contributed by atoms with Gasteiger partial charge >= 0.3 is 0 Å². The largest absolute Gasteiger partial charge is 0.351 e. The lowest BCUT2D eigenvalue weighted by molar-refractivity contribution is -0.124. The van der Waals surface area contributed by atoms with Gasteiger partial charge < -0.3 is 5.32 Å². The van der Waals surface area contributed by atoms with Crippen LogP contribution in [0.3, 0.4) is 0 Å². The molecule has 1 fully saturated rings. The van der Waals surface area contributed by atoms with Crippen molar-refractivity contribution in [2.75, 3.05) is 6.26 Å². The second-order valence-corrected chi connectivity index (χ2v) is 6.58. The summed E-state index contributed by atoms with van der Waals surface area (Å²) in [5.74, 6) is -0.477. The first-order valence-corrected chi connectivity index (χ1v) is 8.12. The molecule has 0 aromatic heterocycles. The number of nitrogens with one attached hydrogen (secondary N) is 1. The molecule has 1 aromatic rings. The summed E-state index contributed by atoms with van der Waals surface area (Å²) in [7, 11) is -3.70. The molecule has 1 aromatic carbocycles. The highest BCUT2D eigenvalue weighted by Gasteiger charge is 2.35. The van der Waals surface area contributed by atoms with Crippen molar-refractivity contribution in [3.05, 3.63) is 35.4 Å². The second kappa shape index (κ2) is 6.07. The smallest absolute Gasteiger partial charge is 0.265 e. The number of alkyl halides is 2. The zero-order valence-electron chi connectivity index (χ0n) is 11.3. The molecule has 1 N–H and O–H groups in total. The standard InChI is InChI=1S/C13H15F2NO4S/c1-21(18,19)20-11-7-10(16-13(11)17)6-8-2-4-9(5-3-8)12(14)15/h2-5,10-12H,6-7H2,1H3,(H,16,17). The van der Waals surface area contributed by atoms with Crippen molar-refractivity contribution in [1.82, 2.24) is 5.32 Å². The van der Waals surface area contributed by atoms with Crippen LogP contribution in [0.2, 0.25) is 0 Å². The predicted molar refractivity (Wildman–Crippen MR) is 71.4 cm³/mol. The van der Waals surface area contributed by atoms with Gasteiger partial charge in [-0.2, -0.15) is 8.42 Å². The number of carbonyl (C=O) groups is 1. The maximum absolute atomic E-state index is 12.4. The first kappa shape index (κ1) is 15.8. The van der Waals surface area contributed by atoms with Gasteiger partial charge in [-0.25, -0.2) is 8.78 Å². The summed E-state index contributed by atoms with van der Waals surface area (Å²) >= 11 is 0. The molecule has 0 bridgehead atoms. The summed E-state index contributed by atoms with van der Waals surface area (Å²) in [5, 5.41) is 2.64. The van der Waals surface area contributed by atoms with Crippen LogP contribution in [0, 0.1) is 0 Å². The fraction of sp³-hybridized carbons (Fsp3) is 0.462. The molecule has 5 nitrogen and oxygen atoms in total. The van der Waals surface area contributed by atoms with Gasteiger partial charge in [0.1, 0.15) is 0 Å². The maximum atomic E-state index is 12.4. The fourth-order valence-electron chi connectivity index (χ4n) is 2.23. The predicted octanol–water partition coefficient (Wildman–Crippen LogP) is 1.40. The third kappa shape index (κ3) is 4.47. The van der Waals surface area contributed by atoms with E-state index in [4.69, 9.17) is 4.18 Å². The van der Waals surface area contributed by atoms with E-state index < -0.39 is 28.6 Å². The first-order chi connectivity index (χ1) is 9.74. The normalized spacial score (nSPS) is 22.6. The van der Waals surface area contributed by atoms with Crippen molar-refractivity contribution in [2.45, 2.75) is 31.4 Å². The summed E-state index contributed by atoms with van der Waals surface area (Å²) in [4.78, 5) is 11.6. The Morgan fingerprint density at radius 2 is 1.95 bits per heavy atom. The minimum Gasteiger partial charge on any atom is -0.351 e. The monoisotopic (exact) mass is 319 g/mol. The average Bonchev–Trinajstić information content (AvgIpc) is 2.68. The highest BCUT2D eigenvalue weighted by atomic mass is 32.2. The molecule has 116 valence electrons. The summed E-state index contributed by atoms with van der Waals surface area (Å²) in [6.07, 6.45) is -2.00. The molecule has 1 amide bonds. The van der Waals surface area contributed by atoms with Gasteiger partial charge in [0.25, 0.3) is 22.5 Å². The van der Waals surface area contributed by atoms with Gasteiger partial charge in [0.05, 0.1) is 6.26 Å². The van der Waals surface area contributed by atoms with E-state index in [-0.39, 0.29) is 18.0 Å². The van der Waals surface area contributed by atoms with Crippen molar-refractivity contribution in [3.8, 4) is 0 Å². The quantitative estimate of drug-likeness (QED) is 0.833. The molecule has 8 heteroatoms. The Morgan fingerprint density at radius 1 is 1.33 bits per heavy atom. The molecule has 0 aliphatic carbocycles. The molecule has 0 saturated carbocycles. The lowest BCUT2D eigenvalue weighted by atomic mass is 10.0. The molecule has 1 aliphatic rings. The van der Waals surface area contributed by atoms with Gasteiger partial charge in [0.15, 0.2) is 6.10 Å². The lowest BCUT2D eigenvalue weighted by Gasteiger charge is -2.10. The van der Waals surface area contributed by atoms with Crippen molar-refractivity contribution in [2.24, 2.45) is 0 Å². The Hall–Kier alpha value is -1.54. The van der Waals surface area contributed by atoms with E-state index in [1.165, 1.54) is 12.1 Å². The van der Waals surface area contributed by atoms with Gasteiger partial charge in [-0.1, -0.05) is 24.3 Å². The number of carbonyl (C=O) groups excluding carboxylic acids is 1. The summed E-state index contributed by atoms with van der Waals surface area (Å²) < 4.78 is 51.6. The van der Waals surface area contributed by atoms with E-state index in [9.17, 15) is 22.0 Å². The molecule has 1 heterocycles. The Labute approximate surface area is 121 Å². The van der Waals surface area contributed by atoms with Crippen LogP contribution in [0.4, 0.5) is 8.78 Å².